The van der Waals surface area contributed by atoms with Crippen molar-refractivity contribution in [3.63, 3.8) is 0 Å². The maximum Gasteiger partial charge on any atom is 0.268 e. The molecule has 2 aromatic carbocycles. The van der Waals surface area contributed by atoms with Crippen LogP contribution < -0.4 is 5.32 Å². The minimum atomic E-state index is -1.47. The zero-order chi connectivity index (χ0) is 17.3. The van der Waals surface area contributed by atoms with Gasteiger partial charge < -0.3 is 15.0 Å². The molecule has 24 heavy (non-hydrogen) atoms. The molecular weight excluding hydrogens is 314 g/mol. The molecule has 1 aromatic heterocycles. The molecule has 4 nitrogen and oxygen atoms in total. The summed E-state index contributed by atoms with van der Waals surface area (Å²) in [5.41, 5.74) is 0.843. The van der Waals surface area contributed by atoms with E-state index in [1.807, 2.05) is 24.3 Å². The molecule has 0 fully saturated rings. The molecule has 0 saturated heterocycles. The number of aliphatic hydroxyl groups is 1. The molecule has 6 heteroatoms. The van der Waals surface area contributed by atoms with Gasteiger partial charge in [0.25, 0.3) is 5.91 Å². The molecule has 0 spiro atoms. The summed E-state index contributed by atoms with van der Waals surface area (Å²) in [6, 6.07) is 12.6. The summed E-state index contributed by atoms with van der Waals surface area (Å²) in [4.78, 5) is 12.3. The van der Waals surface area contributed by atoms with Crippen molar-refractivity contribution in [2.75, 3.05) is 6.54 Å². The molecule has 0 bridgehead atoms. The predicted octanol–water partition coefficient (Wildman–Crippen LogP) is 2.92. The second-order valence-corrected chi connectivity index (χ2v) is 5.51. The number of carbonyl (C=O) groups excluding carboxylic acids is 1. The van der Waals surface area contributed by atoms with Crippen LogP contribution in [0.3, 0.4) is 0 Å². The summed E-state index contributed by atoms with van der Waals surface area (Å²) in [7, 11) is 1.75. The third kappa shape index (κ3) is 2.88. The normalized spacial score (nSPS) is 12.3. The number of hydrogen-bond acceptors (Lipinski definition) is 2. The number of rotatable bonds is 4. The van der Waals surface area contributed by atoms with Crippen LogP contribution in [-0.2, 0) is 7.05 Å². The average Bonchev–Trinajstić information content (AvgIpc) is 2.90. The lowest BCUT2D eigenvalue weighted by Crippen LogP contribution is -2.30. The lowest BCUT2D eigenvalue weighted by atomic mass is 10.1. The van der Waals surface area contributed by atoms with E-state index in [2.05, 4.69) is 5.32 Å². The standard InChI is InChI=1S/C18H16F2N2O2/c1-22-14-8-3-2-5-11(14)9-15(22)18(24)21-10-16(23)17-12(19)6-4-7-13(17)20/h2-9,16,23H,10H2,1H3,(H,21,24). The summed E-state index contributed by atoms with van der Waals surface area (Å²) in [5, 5.41) is 13.4. The molecule has 3 rings (SSSR count). The van der Waals surface area contributed by atoms with E-state index in [-0.39, 0.29) is 6.54 Å². The number of aromatic nitrogens is 1. The molecule has 2 N–H and O–H groups in total. The highest BCUT2D eigenvalue weighted by Crippen LogP contribution is 2.21. The van der Waals surface area contributed by atoms with E-state index in [4.69, 9.17) is 0 Å². The molecule has 1 heterocycles. The zero-order valence-electron chi connectivity index (χ0n) is 13.0. The van der Waals surface area contributed by atoms with Gasteiger partial charge in [-0.25, -0.2) is 8.78 Å². The van der Waals surface area contributed by atoms with Gasteiger partial charge in [-0.15, -0.1) is 0 Å². The van der Waals surface area contributed by atoms with Crippen LogP contribution in [0.5, 0.6) is 0 Å². The molecular formula is C18H16F2N2O2. The molecule has 0 saturated carbocycles. The van der Waals surface area contributed by atoms with Gasteiger partial charge >= 0.3 is 0 Å². The number of halogens is 2. The first kappa shape index (κ1) is 16.1. The number of amides is 1. The number of benzene rings is 2. The highest BCUT2D eigenvalue weighted by Gasteiger charge is 2.20. The van der Waals surface area contributed by atoms with Crippen molar-refractivity contribution in [3.8, 4) is 0 Å². The van der Waals surface area contributed by atoms with Crippen LogP contribution in [0.1, 0.15) is 22.2 Å². The highest BCUT2D eigenvalue weighted by atomic mass is 19.1. The fourth-order valence-electron chi connectivity index (χ4n) is 2.72. The van der Waals surface area contributed by atoms with Gasteiger partial charge in [0.1, 0.15) is 23.4 Å². The van der Waals surface area contributed by atoms with Crippen molar-refractivity contribution in [1.82, 2.24) is 9.88 Å². The van der Waals surface area contributed by atoms with E-state index in [0.29, 0.717) is 5.69 Å². The van der Waals surface area contributed by atoms with Crippen LogP contribution in [-0.4, -0.2) is 22.1 Å². The first-order valence-corrected chi connectivity index (χ1v) is 7.43. The third-order valence-corrected chi connectivity index (χ3v) is 3.97. The van der Waals surface area contributed by atoms with Gasteiger partial charge in [-0.3, -0.25) is 4.79 Å². The molecule has 1 unspecified atom stereocenters. The first-order chi connectivity index (χ1) is 11.5. The lowest BCUT2D eigenvalue weighted by Gasteiger charge is -2.14. The Labute approximate surface area is 137 Å². The van der Waals surface area contributed by atoms with Crippen LogP contribution in [0, 0.1) is 11.6 Å². The quantitative estimate of drug-likeness (QED) is 0.773. The van der Waals surface area contributed by atoms with Crippen molar-refractivity contribution in [1.29, 1.82) is 0 Å². The van der Waals surface area contributed by atoms with Gasteiger partial charge in [0.2, 0.25) is 0 Å². The van der Waals surface area contributed by atoms with Crippen molar-refractivity contribution in [3.05, 3.63) is 71.4 Å². The van der Waals surface area contributed by atoms with Crippen LogP contribution >= 0.6 is 0 Å². The predicted molar refractivity (Wildman–Crippen MR) is 86.6 cm³/mol. The topological polar surface area (TPSA) is 54.3 Å². The minimum Gasteiger partial charge on any atom is -0.386 e. The van der Waals surface area contributed by atoms with E-state index >= 15 is 0 Å². The Kier molecular flexibility index (Phi) is 4.31. The molecule has 1 amide bonds. The maximum atomic E-state index is 13.6. The number of para-hydroxylation sites is 1. The highest BCUT2D eigenvalue weighted by molar-refractivity contribution is 5.98. The summed E-state index contributed by atoms with van der Waals surface area (Å²) >= 11 is 0. The SMILES string of the molecule is Cn1c(C(=O)NCC(O)c2c(F)cccc2F)cc2ccccc21. The van der Waals surface area contributed by atoms with E-state index in [9.17, 15) is 18.7 Å². The molecule has 0 radical (unpaired) electrons. The van der Waals surface area contributed by atoms with Crippen molar-refractivity contribution < 1.29 is 18.7 Å². The number of hydrogen-bond donors (Lipinski definition) is 2. The summed E-state index contributed by atoms with van der Waals surface area (Å²) in [6.45, 7) is -0.293. The van der Waals surface area contributed by atoms with Gasteiger partial charge in [0.05, 0.1) is 5.56 Å². The fraction of sp³-hybridized carbons (Fsp3) is 0.167. The smallest absolute Gasteiger partial charge is 0.268 e. The fourth-order valence-corrected chi connectivity index (χ4v) is 2.72. The van der Waals surface area contributed by atoms with E-state index in [1.54, 1.807) is 17.7 Å². The van der Waals surface area contributed by atoms with Gasteiger partial charge in [-0.1, -0.05) is 24.3 Å². The number of fused-ring (bicyclic) bond motifs is 1. The number of nitrogens with zero attached hydrogens (tertiary/aromatic N) is 1. The van der Waals surface area contributed by atoms with Crippen molar-refractivity contribution in [2.24, 2.45) is 7.05 Å². The summed E-state index contributed by atoms with van der Waals surface area (Å²) < 4.78 is 29.0. The number of carbonyl (C=O) groups is 1. The lowest BCUT2D eigenvalue weighted by molar-refractivity contribution is 0.0904. The van der Waals surface area contributed by atoms with Gasteiger partial charge in [-0.2, -0.15) is 0 Å². The molecule has 1 atom stereocenters. The van der Waals surface area contributed by atoms with E-state index in [0.717, 1.165) is 23.0 Å². The Morgan fingerprint density at radius 1 is 1.17 bits per heavy atom. The first-order valence-electron chi connectivity index (χ1n) is 7.43. The monoisotopic (exact) mass is 330 g/mol. The number of nitrogens with one attached hydrogen (secondary N) is 1. The van der Waals surface area contributed by atoms with Crippen molar-refractivity contribution >= 4 is 16.8 Å². The summed E-state index contributed by atoms with van der Waals surface area (Å²) in [5.74, 6) is -2.12. The minimum absolute atomic E-state index is 0.293. The summed E-state index contributed by atoms with van der Waals surface area (Å²) in [6.07, 6.45) is -1.47. The largest absolute Gasteiger partial charge is 0.386 e. The molecule has 0 aliphatic heterocycles. The third-order valence-electron chi connectivity index (χ3n) is 3.97. The van der Waals surface area contributed by atoms with Gasteiger partial charge in [-0.05, 0) is 24.3 Å². The molecule has 124 valence electrons. The Morgan fingerprint density at radius 3 is 2.50 bits per heavy atom. The Hall–Kier alpha value is -2.73. The average molecular weight is 330 g/mol. The molecule has 0 aliphatic rings. The van der Waals surface area contributed by atoms with Crippen LogP contribution in [0.4, 0.5) is 8.78 Å². The molecule has 3 aromatic rings. The van der Waals surface area contributed by atoms with Gasteiger partial charge in [0.15, 0.2) is 0 Å². The Morgan fingerprint density at radius 2 is 1.83 bits per heavy atom. The van der Waals surface area contributed by atoms with Crippen LogP contribution in [0.2, 0.25) is 0 Å². The zero-order valence-corrected chi connectivity index (χ0v) is 13.0. The van der Waals surface area contributed by atoms with E-state index < -0.39 is 29.2 Å². The number of aliphatic hydroxyl groups excluding tert-OH is 1. The Balaban J connectivity index is 1.76. The second-order valence-electron chi connectivity index (χ2n) is 5.51. The number of aryl methyl sites for hydroxylation is 1. The van der Waals surface area contributed by atoms with Gasteiger partial charge in [0, 0.05) is 24.5 Å². The Bertz CT molecular complexity index is 885. The van der Waals surface area contributed by atoms with Crippen molar-refractivity contribution in [2.45, 2.75) is 6.10 Å². The maximum absolute atomic E-state index is 13.6. The van der Waals surface area contributed by atoms with E-state index in [1.165, 1.54) is 6.07 Å². The van der Waals surface area contributed by atoms with Crippen LogP contribution in [0.15, 0.2) is 48.5 Å². The van der Waals surface area contributed by atoms with Crippen LogP contribution in [0.25, 0.3) is 10.9 Å². The molecule has 0 aliphatic carbocycles. The second kappa shape index (κ2) is 6.41.